The summed E-state index contributed by atoms with van der Waals surface area (Å²) in [6.45, 7) is 0. The highest BCUT2D eigenvalue weighted by Gasteiger charge is 2.47. The molecule has 1 fully saturated rings. The normalized spacial score (nSPS) is 15.6. The number of hydrogen-bond acceptors (Lipinski definition) is 2. The summed E-state index contributed by atoms with van der Waals surface area (Å²) < 4.78 is 19.4. The van der Waals surface area contributed by atoms with Gasteiger partial charge in [0.25, 0.3) is 0 Å². The summed E-state index contributed by atoms with van der Waals surface area (Å²) in [6.07, 6.45) is 2.15. The molecule has 0 aliphatic heterocycles. The van der Waals surface area contributed by atoms with Crippen LogP contribution in [-0.2, 0) is 10.2 Å². The molecule has 0 heterocycles. The molecule has 1 saturated carbocycles. The van der Waals surface area contributed by atoms with Gasteiger partial charge in [-0.1, -0.05) is 36.2 Å². The lowest BCUT2D eigenvalue weighted by atomic mass is 9.63. The fraction of sp³-hybridized carbons (Fsp3) is 0.278. The number of carbonyl (C=O) groups is 1. The summed E-state index contributed by atoms with van der Waals surface area (Å²) >= 11 is 5.99. The average molecular weight is 334 g/mol. The fourth-order valence-electron chi connectivity index (χ4n) is 3.02. The van der Waals surface area contributed by atoms with Crippen LogP contribution in [0.1, 0.15) is 24.8 Å². The van der Waals surface area contributed by atoms with E-state index in [1.807, 2.05) is 0 Å². The van der Waals surface area contributed by atoms with Crippen LogP contribution in [0.15, 0.2) is 42.5 Å². The van der Waals surface area contributed by atoms with Crippen LogP contribution in [0.5, 0.6) is 5.75 Å². The largest absolute Gasteiger partial charge is 0.495 e. The topological polar surface area (TPSA) is 38.3 Å². The van der Waals surface area contributed by atoms with E-state index in [1.54, 1.807) is 36.4 Å². The Balaban J connectivity index is 1.93. The predicted octanol–water partition coefficient (Wildman–Crippen LogP) is 4.55. The Bertz CT molecular complexity index is 744. The van der Waals surface area contributed by atoms with E-state index in [9.17, 15) is 9.18 Å². The molecular formula is C18H17ClFNO2. The first-order valence-electron chi connectivity index (χ1n) is 7.47. The maximum atomic E-state index is 14.2. The van der Waals surface area contributed by atoms with Crippen LogP contribution in [-0.4, -0.2) is 13.0 Å². The highest BCUT2D eigenvalue weighted by molar-refractivity contribution is 6.31. The number of rotatable bonds is 4. The number of benzene rings is 2. The number of ether oxygens (including phenoxy) is 1. The van der Waals surface area contributed by atoms with E-state index in [4.69, 9.17) is 16.3 Å². The molecule has 1 aliphatic carbocycles. The number of carbonyl (C=O) groups excluding carboxylic acids is 1. The Morgan fingerprint density at radius 3 is 2.61 bits per heavy atom. The van der Waals surface area contributed by atoms with Crippen LogP contribution < -0.4 is 10.1 Å². The van der Waals surface area contributed by atoms with Crippen molar-refractivity contribution in [3.63, 3.8) is 0 Å². The Kier molecular flexibility index (Phi) is 4.26. The Hall–Kier alpha value is -2.07. The highest BCUT2D eigenvalue weighted by atomic mass is 35.5. The molecule has 2 aromatic rings. The monoisotopic (exact) mass is 333 g/mol. The van der Waals surface area contributed by atoms with Gasteiger partial charge in [-0.25, -0.2) is 4.39 Å². The van der Waals surface area contributed by atoms with Crippen molar-refractivity contribution in [2.24, 2.45) is 0 Å². The van der Waals surface area contributed by atoms with Gasteiger partial charge in [-0.15, -0.1) is 0 Å². The van der Waals surface area contributed by atoms with E-state index in [0.717, 1.165) is 6.42 Å². The van der Waals surface area contributed by atoms with Crippen LogP contribution in [0, 0.1) is 5.82 Å². The van der Waals surface area contributed by atoms with Crippen LogP contribution >= 0.6 is 11.6 Å². The van der Waals surface area contributed by atoms with E-state index in [0.29, 0.717) is 34.9 Å². The quantitative estimate of drug-likeness (QED) is 0.891. The number of nitrogens with one attached hydrogen (secondary N) is 1. The molecule has 3 nitrogen and oxygen atoms in total. The lowest BCUT2D eigenvalue weighted by molar-refractivity contribution is -0.124. The zero-order valence-corrected chi connectivity index (χ0v) is 13.5. The van der Waals surface area contributed by atoms with Crippen LogP contribution in [0.4, 0.5) is 10.1 Å². The minimum absolute atomic E-state index is 0.227. The summed E-state index contributed by atoms with van der Waals surface area (Å²) in [4.78, 5) is 12.9. The molecule has 3 rings (SSSR count). The summed E-state index contributed by atoms with van der Waals surface area (Å²) in [7, 11) is 1.52. The third kappa shape index (κ3) is 2.79. The van der Waals surface area contributed by atoms with Crippen molar-refractivity contribution in [2.45, 2.75) is 24.7 Å². The van der Waals surface area contributed by atoms with E-state index >= 15 is 0 Å². The molecule has 1 N–H and O–H groups in total. The van der Waals surface area contributed by atoms with Crippen LogP contribution in [0.25, 0.3) is 0 Å². The molecule has 0 atom stereocenters. The van der Waals surface area contributed by atoms with Gasteiger partial charge in [0.05, 0.1) is 18.2 Å². The van der Waals surface area contributed by atoms with Crippen molar-refractivity contribution >= 4 is 23.2 Å². The zero-order valence-electron chi connectivity index (χ0n) is 12.7. The van der Waals surface area contributed by atoms with Crippen LogP contribution in [0.2, 0.25) is 5.02 Å². The second kappa shape index (κ2) is 6.20. The van der Waals surface area contributed by atoms with E-state index in [1.165, 1.54) is 13.2 Å². The summed E-state index contributed by atoms with van der Waals surface area (Å²) in [5.74, 6) is -0.0550. The van der Waals surface area contributed by atoms with E-state index in [-0.39, 0.29) is 11.7 Å². The third-order valence-electron chi connectivity index (χ3n) is 4.44. The minimum Gasteiger partial charge on any atom is -0.495 e. The zero-order chi connectivity index (χ0) is 16.4. The van der Waals surface area contributed by atoms with Gasteiger partial charge in [-0.05, 0) is 37.1 Å². The molecule has 0 bridgehead atoms. The Morgan fingerprint density at radius 2 is 2.00 bits per heavy atom. The van der Waals surface area contributed by atoms with Crippen molar-refractivity contribution < 1.29 is 13.9 Å². The standard InChI is InChI=1S/C18H17ClFNO2/c1-23-16-8-7-12(19)11-15(16)21-17(22)18(9-4-10-18)13-5-2-3-6-14(13)20/h2-3,5-8,11H,4,9-10H2,1H3,(H,21,22). The molecule has 0 aromatic heterocycles. The first kappa shape index (κ1) is 15.8. The van der Waals surface area contributed by atoms with Crippen molar-refractivity contribution in [2.75, 3.05) is 12.4 Å². The van der Waals surface area contributed by atoms with Gasteiger partial charge in [0.1, 0.15) is 11.6 Å². The van der Waals surface area contributed by atoms with Gasteiger partial charge >= 0.3 is 0 Å². The Labute approximate surface area is 139 Å². The van der Waals surface area contributed by atoms with Gasteiger partial charge in [-0.3, -0.25) is 4.79 Å². The highest BCUT2D eigenvalue weighted by Crippen LogP contribution is 2.46. The van der Waals surface area contributed by atoms with Crippen molar-refractivity contribution in [3.05, 3.63) is 58.9 Å². The molecule has 120 valence electrons. The minimum atomic E-state index is -0.821. The molecule has 0 unspecified atom stereocenters. The number of anilines is 1. The summed E-state index contributed by atoms with van der Waals surface area (Å²) in [5, 5.41) is 3.35. The smallest absolute Gasteiger partial charge is 0.235 e. The number of methoxy groups -OCH3 is 1. The predicted molar refractivity (Wildman–Crippen MR) is 88.6 cm³/mol. The molecule has 0 saturated heterocycles. The van der Waals surface area contributed by atoms with Crippen molar-refractivity contribution in [1.82, 2.24) is 0 Å². The van der Waals surface area contributed by atoms with Gasteiger partial charge in [0.15, 0.2) is 0 Å². The lowest BCUT2D eigenvalue weighted by Crippen LogP contribution is -2.46. The third-order valence-corrected chi connectivity index (χ3v) is 4.68. The van der Waals surface area contributed by atoms with E-state index in [2.05, 4.69) is 5.32 Å². The molecule has 23 heavy (non-hydrogen) atoms. The van der Waals surface area contributed by atoms with Gasteiger partial charge in [0.2, 0.25) is 5.91 Å². The number of hydrogen-bond donors (Lipinski definition) is 1. The second-order valence-corrected chi connectivity index (χ2v) is 6.15. The van der Waals surface area contributed by atoms with Gasteiger partial charge in [0, 0.05) is 10.6 Å². The maximum absolute atomic E-state index is 14.2. The fourth-order valence-corrected chi connectivity index (χ4v) is 3.19. The molecule has 2 aromatic carbocycles. The maximum Gasteiger partial charge on any atom is 0.235 e. The second-order valence-electron chi connectivity index (χ2n) is 5.71. The van der Waals surface area contributed by atoms with Crippen LogP contribution in [0.3, 0.4) is 0 Å². The first-order chi connectivity index (χ1) is 11.1. The van der Waals surface area contributed by atoms with Crippen molar-refractivity contribution in [3.8, 4) is 5.75 Å². The molecular weight excluding hydrogens is 317 g/mol. The summed E-state index contributed by atoms with van der Waals surface area (Å²) in [5.41, 5.74) is 0.121. The Morgan fingerprint density at radius 1 is 1.26 bits per heavy atom. The number of halogens is 2. The lowest BCUT2D eigenvalue weighted by Gasteiger charge is -2.40. The first-order valence-corrected chi connectivity index (χ1v) is 7.84. The van der Waals surface area contributed by atoms with Gasteiger partial charge < -0.3 is 10.1 Å². The molecule has 0 spiro atoms. The molecule has 1 aliphatic rings. The van der Waals surface area contributed by atoms with Gasteiger partial charge in [-0.2, -0.15) is 0 Å². The number of amides is 1. The SMILES string of the molecule is COc1ccc(Cl)cc1NC(=O)C1(c2ccccc2F)CCC1. The molecule has 1 amide bonds. The molecule has 0 radical (unpaired) electrons. The van der Waals surface area contributed by atoms with Crippen molar-refractivity contribution in [1.29, 1.82) is 0 Å². The summed E-state index contributed by atoms with van der Waals surface area (Å²) in [6, 6.07) is 11.5. The molecule has 5 heteroatoms. The average Bonchev–Trinajstić information content (AvgIpc) is 2.48. The van der Waals surface area contributed by atoms with E-state index < -0.39 is 5.41 Å².